The Morgan fingerprint density at radius 1 is 1.42 bits per heavy atom. The summed E-state index contributed by atoms with van der Waals surface area (Å²) in [5.41, 5.74) is 0. The van der Waals surface area contributed by atoms with Crippen LogP contribution in [-0.4, -0.2) is 48.9 Å². The van der Waals surface area contributed by atoms with Crippen LogP contribution >= 0.6 is 11.8 Å². The second-order valence-corrected chi connectivity index (χ2v) is 4.22. The Bertz CT molecular complexity index is 109. The minimum absolute atomic E-state index is 0.326. The molecule has 12 heavy (non-hydrogen) atoms. The van der Waals surface area contributed by atoms with Crippen LogP contribution in [0.15, 0.2) is 0 Å². The van der Waals surface area contributed by atoms with Gasteiger partial charge < -0.3 is 15.7 Å². The molecular formula is C8H18N2OS. The van der Waals surface area contributed by atoms with Gasteiger partial charge in [-0.2, -0.15) is 11.8 Å². The van der Waals surface area contributed by atoms with Crippen LogP contribution in [-0.2, 0) is 0 Å². The van der Waals surface area contributed by atoms with Crippen LogP contribution in [0.3, 0.4) is 0 Å². The molecule has 1 aliphatic heterocycles. The number of thioether (sulfide) groups is 1. The minimum atomic E-state index is 0.326. The van der Waals surface area contributed by atoms with Crippen LogP contribution in [0.1, 0.15) is 6.42 Å². The van der Waals surface area contributed by atoms with Crippen LogP contribution in [0, 0.1) is 0 Å². The third-order valence-corrected chi connectivity index (χ3v) is 2.98. The number of nitrogens with one attached hydrogen (secondary N) is 2. The lowest BCUT2D eigenvalue weighted by atomic mass is 10.2. The van der Waals surface area contributed by atoms with E-state index in [0.29, 0.717) is 12.6 Å². The Balaban J connectivity index is 1.70. The van der Waals surface area contributed by atoms with Gasteiger partial charge in [0.15, 0.2) is 0 Å². The van der Waals surface area contributed by atoms with Gasteiger partial charge in [-0.1, -0.05) is 0 Å². The first kappa shape index (κ1) is 10.3. The van der Waals surface area contributed by atoms with E-state index in [1.165, 1.54) is 0 Å². The smallest absolute Gasteiger partial charge is 0.0438 e. The Hall–Kier alpha value is 0.230. The van der Waals surface area contributed by atoms with Gasteiger partial charge in [0.1, 0.15) is 0 Å². The fraction of sp³-hybridized carbons (Fsp3) is 1.00. The van der Waals surface area contributed by atoms with E-state index in [4.69, 9.17) is 5.11 Å². The first-order valence-electron chi connectivity index (χ1n) is 4.56. The number of hydrogen-bond acceptors (Lipinski definition) is 4. The van der Waals surface area contributed by atoms with E-state index in [-0.39, 0.29) is 0 Å². The minimum Gasteiger partial charge on any atom is -0.396 e. The molecule has 72 valence electrons. The lowest BCUT2D eigenvalue weighted by molar-refractivity contribution is 0.296. The molecule has 1 rings (SSSR count). The van der Waals surface area contributed by atoms with Gasteiger partial charge >= 0.3 is 0 Å². The van der Waals surface area contributed by atoms with Crippen molar-refractivity contribution in [1.82, 2.24) is 10.6 Å². The van der Waals surface area contributed by atoms with Crippen LogP contribution < -0.4 is 10.6 Å². The summed E-state index contributed by atoms with van der Waals surface area (Å²) >= 11 is 1.91. The molecule has 0 aliphatic carbocycles. The van der Waals surface area contributed by atoms with Gasteiger partial charge in [0.25, 0.3) is 0 Å². The molecule has 0 spiro atoms. The van der Waals surface area contributed by atoms with Crippen molar-refractivity contribution in [2.24, 2.45) is 0 Å². The maximum absolute atomic E-state index is 8.52. The molecule has 0 saturated carbocycles. The normalized spacial score (nSPS) is 17.8. The predicted molar refractivity (Wildman–Crippen MR) is 53.7 cm³/mol. The summed E-state index contributed by atoms with van der Waals surface area (Å²) in [6.07, 6.45) is 0.926. The molecule has 0 amide bonds. The van der Waals surface area contributed by atoms with Crippen molar-refractivity contribution >= 4 is 11.8 Å². The fourth-order valence-electron chi connectivity index (χ4n) is 1.04. The van der Waals surface area contributed by atoms with Crippen molar-refractivity contribution < 1.29 is 5.11 Å². The Morgan fingerprint density at radius 3 is 2.83 bits per heavy atom. The fourth-order valence-corrected chi connectivity index (χ4v) is 1.84. The van der Waals surface area contributed by atoms with Crippen molar-refractivity contribution in [2.75, 3.05) is 37.7 Å². The van der Waals surface area contributed by atoms with Crippen LogP contribution in [0.25, 0.3) is 0 Å². The van der Waals surface area contributed by atoms with Crippen molar-refractivity contribution in [1.29, 1.82) is 0 Å². The molecule has 1 saturated heterocycles. The summed E-state index contributed by atoms with van der Waals surface area (Å²) < 4.78 is 0. The maximum atomic E-state index is 8.52. The van der Waals surface area contributed by atoms with Crippen LogP contribution in [0.2, 0.25) is 0 Å². The van der Waals surface area contributed by atoms with Gasteiger partial charge in [0, 0.05) is 38.0 Å². The van der Waals surface area contributed by atoms with E-state index < -0.39 is 0 Å². The second kappa shape index (κ2) is 6.71. The van der Waals surface area contributed by atoms with Crippen LogP contribution in [0.5, 0.6) is 0 Å². The third-order valence-electron chi connectivity index (χ3n) is 1.91. The average Bonchev–Trinajstić information content (AvgIpc) is 2.00. The van der Waals surface area contributed by atoms with Crippen molar-refractivity contribution in [2.45, 2.75) is 12.5 Å². The monoisotopic (exact) mass is 190 g/mol. The summed E-state index contributed by atoms with van der Waals surface area (Å²) in [6, 6.07) is 0.712. The maximum Gasteiger partial charge on any atom is 0.0438 e. The highest BCUT2D eigenvalue weighted by molar-refractivity contribution is 7.99. The summed E-state index contributed by atoms with van der Waals surface area (Å²) in [4.78, 5) is 0. The number of aliphatic hydroxyl groups excluding tert-OH is 1. The first-order valence-corrected chi connectivity index (χ1v) is 5.71. The van der Waals surface area contributed by atoms with Gasteiger partial charge in [0.05, 0.1) is 0 Å². The highest BCUT2D eigenvalue weighted by Crippen LogP contribution is 2.00. The summed E-state index contributed by atoms with van der Waals surface area (Å²) in [5, 5.41) is 15.2. The summed E-state index contributed by atoms with van der Waals surface area (Å²) in [5.74, 6) is 2.25. The van der Waals surface area contributed by atoms with Gasteiger partial charge in [-0.15, -0.1) is 0 Å². The highest BCUT2D eigenvalue weighted by Gasteiger charge is 2.14. The van der Waals surface area contributed by atoms with Gasteiger partial charge in [-0.25, -0.2) is 0 Å². The molecule has 0 aromatic rings. The Kier molecular flexibility index (Phi) is 5.77. The van der Waals surface area contributed by atoms with Crippen LogP contribution in [0.4, 0.5) is 0 Å². The standard InChI is InChI=1S/C8H18N2OS/c11-3-1-4-12-5-2-10-8-6-9-7-8/h8-11H,1-7H2. The zero-order valence-corrected chi connectivity index (χ0v) is 8.20. The topological polar surface area (TPSA) is 44.3 Å². The second-order valence-electron chi connectivity index (χ2n) is 3.00. The van der Waals surface area contributed by atoms with E-state index in [0.717, 1.165) is 37.6 Å². The Morgan fingerprint density at radius 2 is 2.25 bits per heavy atom. The number of aliphatic hydroxyl groups is 1. The molecule has 3 N–H and O–H groups in total. The number of hydrogen-bond donors (Lipinski definition) is 3. The molecule has 0 atom stereocenters. The molecule has 0 radical (unpaired) electrons. The largest absolute Gasteiger partial charge is 0.396 e. The first-order chi connectivity index (χ1) is 5.93. The molecule has 1 heterocycles. The van der Waals surface area contributed by atoms with E-state index in [2.05, 4.69) is 10.6 Å². The van der Waals surface area contributed by atoms with E-state index in [1.54, 1.807) is 0 Å². The highest BCUT2D eigenvalue weighted by atomic mass is 32.2. The van der Waals surface area contributed by atoms with E-state index in [1.807, 2.05) is 11.8 Å². The third kappa shape index (κ3) is 4.30. The Labute approximate surface area is 78.3 Å². The molecule has 0 aromatic carbocycles. The summed E-state index contributed by atoms with van der Waals surface area (Å²) in [7, 11) is 0. The van der Waals surface area contributed by atoms with E-state index >= 15 is 0 Å². The SMILES string of the molecule is OCCCSCCNC1CNC1. The molecule has 0 unspecified atom stereocenters. The lowest BCUT2D eigenvalue weighted by Crippen LogP contribution is -2.55. The molecule has 1 fully saturated rings. The zero-order chi connectivity index (χ0) is 8.65. The molecule has 4 heteroatoms. The van der Waals surface area contributed by atoms with E-state index in [9.17, 15) is 0 Å². The molecular weight excluding hydrogens is 172 g/mol. The van der Waals surface area contributed by atoms with Gasteiger partial charge in [0.2, 0.25) is 0 Å². The summed E-state index contributed by atoms with van der Waals surface area (Å²) in [6.45, 7) is 3.68. The predicted octanol–water partition coefficient (Wildman–Crippen LogP) is -0.337. The average molecular weight is 190 g/mol. The molecule has 0 aromatic heterocycles. The van der Waals surface area contributed by atoms with Crippen molar-refractivity contribution in [3.05, 3.63) is 0 Å². The molecule has 0 bridgehead atoms. The number of rotatable bonds is 7. The van der Waals surface area contributed by atoms with Crippen molar-refractivity contribution in [3.63, 3.8) is 0 Å². The molecule has 1 aliphatic rings. The lowest BCUT2D eigenvalue weighted by Gasteiger charge is -2.28. The molecule has 3 nitrogen and oxygen atoms in total. The van der Waals surface area contributed by atoms with Crippen molar-refractivity contribution in [3.8, 4) is 0 Å². The zero-order valence-electron chi connectivity index (χ0n) is 7.38. The van der Waals surface area contributed by atoms with Gasteiger partial charge in [-0.05, 0) is 12.2 Å². The quantitative estimate of drug-likeness (QED) is 0.481. The van der Waals surface area contributed by atoms with Gasteiger partial charge in [-0.3, -0.25) is 0 Å².